The van der Waals surface area contributed by atoms with Gasteiger partial charge in [-0.2, -0.15) is 0 Å². The highest BCUT2D eigenvalue weighted by Gasteiger charge is 2.32. The Morgan fingerprint density at radius 1 is 1.00 bits per heavy atom. The number of thiophene rings is 1. The minimum Gasteiger partial charge on any atom is -0.330 e. The Morgan fingerprint density at radius 2 is 1.68 bits per heavy atom. The molecular formula is C31H30ClFN2O2S. The molecule has 1 fully saturated rings. The molecule has 3 aromatic carbocycles. The lowest BCUT2D eigenvalue weighted by molar-refractivity contribution is 0.0604. The van der Waals surface area contributed by atoms with Crippen molar-refractivity contribution in [1.82, 2.24) is 10.2 Å². The van der Waals surface area contributed by atoms with Gasteiger partial charge < -0.3 is 10.2 Å². The minimum absolute atomic E-state index is 0.00149. The Hall–Kier alpha value is -3.06. The number of ketones is 1. The summed E-state index contributed by atoms with van der Waals surface area (Å²) in [5.41, 5.74) is 2.81. The molecule has 0 unspecified atom stereocenters. The summed E-state index contributed by atoms with van der Waals surface area (Å²) in [4.78, 5) is 28.0. The van der Waals surface area contributed by atoms with Crippen LogP contribution in [0.4, 0.5) is 4.39 Å². The summed E-state index contributed by atoms with van der Waals surface area (Å²) in [5, 5.41) is 4.67. The molecule has 0 aliphatic heterocycles. The van der Waals surface area contributed by atoms with Crippen LogP contribution in [0.25, 0.3) is 21.2 Å². The number of hydrogen-bond acceptors (Lipinski definition) is 4. The van der Waals surface area contributed by atoms with Crippen molar-refractivity contribution in [2.24, 2.45) is 0 Å². The van der Waals surface area contributed by atoms with Gasteiger partial charge in [0, 0.05) is 39.8 Å². The number of nitrogens with zero attached hydrogens (tertiary/aromatic N) is 1. The van der Waals surface area contributed by atoms with Gasteiger partial charge in [0.05, 0.1) is 5.02 Å². The molecule has 1 amide bonds. The number of carbonyl (C=O) groups excluding carboxylic acids is 2. The third kappa shape index (κ3) is 5.39. The fourth-order valence-electron chi connectivity index (χ4n) is 5.28. The molecule has 1 N–H and O–H groups in total. The summed E-state index contributed by atoms with van der Waals surface area (Å²) >= 11 is 8.10. The van der Waals surface area contributed by atoms with Gasteiger partial charge in [0.1, 0.15) is 10.7 Å². The van der Waals surface area contributed by atoms with Gasteiger partial charge in [-0.05, 0) is 69.0 Å². The van der Waals surface area contributed by atoms with Crippen LogP contribution in [0.3, 0.4) is 0 Å². The summed E-state index contributed by atoms with van der Waals surface area (Å²) < 4.78 is 16.2. The first-order valence-electron chi connectivity index (χ1n) is 12.9. The molecule has 1 saturated carbocycles. The zero-order valence-electron chi connectivity index (χ0n) is 21.5. The topological polar surface area (TPSA) is 49.4 Å². The number of hydrogen-bond donors (Lipinski definition) is 1. The summed E-state index contributed by atoms with van der Waals surface area (Å²) in [6.07, 6.45) is 3.59. The number of nitrogens with one attached hydrogen (secondary N) is 1. The van der Waals surface area contributed by atoms with Gasteiger partial charge in [0.15, 0.2) is 5.78 Å². The normalized spacial score (nSPS) is 17.5. The van der Waals surface area contributed by atoms with Gasteiger partial charge in [-0.25, -0.2) is 4.39 Å². The number of fused-ring (bicyclic) bond motifs is 1. The van der Waals surface area contributed by atoms with Crippen LogP contribution >= 0.6 is 22.9 Å². The highest BCUT2D eigenvalue weighted by atomic mass is 35.5. The Morgan fingerprint density at radius 3 is 2.34 bits per heavy atom. The van der Waals surface area contributed by atoms with E-state index in [1.165, 1.54) is 24.3 Å². The van der Waals surface area contributed by atoms with Crippen LogP contribution in [-0.2, 0) is 6.54 Å². The molecule has 196 valence electrons. The molecule has 0 atom stereocenters. The van der Waals surface area contributed by atoms with E-state index in [0.717, 1.165) is 46.9 Å². The van der Waals surface area contributed by atoms with Crippen LogP contribution in [-0.4, -0.2) is 35.7 Å². The van der Waals surface area contributed by atoms with Crippen LogP contribution in [0.1, 0.15) is 58.2 Å². The highest BCUT2D eigenvalue weighted by Crippen LogP contribution is 2.38. The molecule has 1 aliphatic carbocycles. The molecule has 38 heavy (non-hydrogen) atoms. The number of amides is 1. The van der Waals surface area contributed by atoms with Gasteiger partial charge in [0.2, 0.25) is 0 Å². The molecule has 1 aliphatic rings. The van der Waals surface area contributed by atoms with Gasteiger partial charge in [-0.3, -0.25) is 9.59 Å². The van der Waals surface area contributed by atoms with E-state index in [9.17, 15) is 9.59 Å². The minimum atomic E-state index is -0.349. The Bertz CT molecular complexity index is 1480. The van der Waals surface area contributed by atoms with Crippen molar-refractivity contribution in [3.05, 3.63) is 93.6 Å². The van der Waals surface area contributed by atoms with Crippen molar-refractivity contribution in [3.63, 3.8) is 0 Å². The summed E-state index contributed by atoms with van der Waals surface area (Å²) in [6.45, 7) is 1.69. The van der Waals surface area contributed by atoms with Crippen LogP contribution in [0.5, 0.6) is 0 Å². The molecule has 0 bridgehead atoms. The monoisotopic (exact) mass is 548 g/mol. The van der Waals surface area contributed by atoms with Crippen molar-refractivity contribution >= 4 is 44.7 Å². The smallest absolute Gasteiger partial charge is 0.266 e. The lowest BCUT2D eigenvalue weighted by atomic mass is 9.89. The predicted molar refractivity (Wildman–Crippen MR) is 154 cm³/mol. The molecule has 0 spiro atoms. The zero-order valence-corrected chi connectivity index (χ0v) is 23.0. The molecule has 4 nitrogen and oxygen atoms in total. The first-order valence-corrected chi connectivity index (χ1v) is 14.1. The first-order chi connectivity index (χ1) is 18.4. The Kier molecular flexibility index (Phi) is 7.93. The number of rotatable bonds is 7. The van der Waals surface area contributed by atoms with Crippen molar-refractivity contribution in [1.29, 1.82) is 0 Å². The van der Waals surface area contributed by atoms with Gasteiger partial charge in [0.25, 0.3) is 5.91 Å². The fraction of sp³-hybridized carbons (Fsp3) is 0.290. The van der Waals surface area contributed by atoms with E-state index in [4.69, 9.17) is 11.6 Å². The predicted octanol–water partition coefficient (Wildman–Crippen LogP) is 7.74. The Balaban J connectivity index is 1.49. The van der Waals surface area contributed by atoms with E-state index in [2.05, 4.69) is 5.32 Å². The Labute approximate surface area is 231 Å². The maximum Gasteiger partial charge on any atom is 0.266 e. The molecule has 4 aromatic rings. The second kappa shape index (κ2) is 11.4. The molecular weight excluding hydrogens is 519 g/mol. The summed E-state index contributed by atoms with van der Waals surface area (Å²) in [6, 6.07) is 20.4. The van der Waals surface area contributed by atoms with E-state index >= 15 is 4.39 Å². The molecule has 1 heterocycles. The summed E-state index contributed by atoms with van der Waals surface area (Å²) in [5.74, 6) is -0.503. The van der Waals surface area contributed by atoms with E-state index in [1.807, 2.05) is 54.4 Å². The number of carbonyl (C=O) groups is 2. The highest BCUT2D eigenvalue weighted by molar-refractivity contribution is 7.21. The fourth-order valence-corrected chi connectivity index (χ4v) is 6.75. The largest absolute Gasteiger partial charge is 0.330 e. The van der Waals surface area contributed by atoms with Crippen molar-refractivity contribution in [2.45, 2.75) is 51.2 Å². The van der Waals surface area contributed by atoms with Crippen molar-refractivity contribution in [2.75, 3.05) is 7.05 Å². The van der Waals surface area contributed by atoms with Crippen LogP contribution in [0, 0.1) is 5.82 Å². The lowest BCUT2D eigenvalue weighted by Gasteiger charge is -2.37. The average Bonchev–Trinajstić information content (AvgIpc) is 3.28. The number of Topliss-reactive ketones (excluding diaryl/α,β-unsaturated/α-hetero) is 1. The van der Waals surface area contributed by atoms with E-state index in [0.29, 0.717) is 27.1 Å². The standard InChI is InChI=1S/C31H30ClFN2O2S/c1-19(36)20-7-9-21(10-8-20)22-11-16-27(33)23(17-22)18-35(25-14-12-24(34-2)13-15-25)31(37)30-29(32)26-5-3-4-6-28(26)38-30/h3-11,16-17,24-25,34H,12-15,18H2,1-2H3/t24-,25-. The van der Waals surface area contributed by atoms with Gasteiger partial charge in [-0.15, -0.1) is 11.3 Å². The van der Waals surface area contributed by atoms with Crippen LogP contribution < -0.4 is 5.32 Å². The van der Waals surface area contributed by atoms with Crippen LogP contribution in [0.15, 0.2) is 66.7 Å². The SMILES string of the molecule is CN[C@H]1CC[C@H](N(Cc2cc(-c3ccc(C(C)=O)cc3)ccc2F)C(=O)c2sc3ccccc3c2Cl)CC1. The summed E-state index contributed by atoms with van der Waals surface area (Å²) in [7, 11) is 1.97. The van der Waals surface area contributed by atoms with E-state index < -0.39 is 0 Å². The molecule has 5 rings (SSSR count). The quantitative estimate of drug-likeness (QED) is 0.240. The number of benzene rings is 3. The number of halogens is 2. The lowest BCUT2D eigenvalue weighted by Crippen LogP contribution is -2.44. The molecule has 7 heteroatoms. The molecule has 0 radical (unpaired) electrons. The zero-order chi connectivity index (χ0) is 26.8. The van der Waals surface area contributed by atoms with Gasteiger partial charge >= 0.3 is 0 Å². The van der Waals surface area contributed by atoms with Crippen LogP contribution in [0.2, 0.25) is 5.02 Å². The molecule has 0 saturated heterocycles. The average molecular weight is 549 g/mol. The van der Waals surface area contributed by atoms with E-state index in [1.54, 1.807) is 18.2 Å². The third-order valence-electron chi connectivity index (χ3n) is 7.55. The van der Waals surface area contributed by atoms with Crippen molar-refractivity contribution < 1.29 is 14.0 Å². The maximum absolute atomic E-state index is 15.2. The van der Waals surface area contributed by atoms with Gasteiger partial charge in [-0.1, -0.05) is 60.1 Å². The van der Waals surface area contributed by atoms with E-state index in [-0.39, 0.29) is 30.1 Å². The second-order valence-corrected chi connectivity index (χ2v) is 11.3. The maximum atomic E-state index is 15.2. The third-order valence-corrected chi connectivity index (χ3v) is 9.21. The molecule has 1 aromatic heterocycles. The second-order valence-electron chi connectivity index (χ2n) is 9.91. The van der Waals surface area contributed by atoms with Crippen molar-refractivity contribution in [3.8, 4) is 11.1 Å². The first kappa shape index (κ1) is 26.5.